The van der Waals surface area contributed by atoms with Gasteiger partial charge in [-0.25, -0.2) is 4.98 Å². The second-order valence-electron chi connectivity index (χ2n) is 3.50. The highest BCUT2D eigenvalue weighted by Gasteiger charge is 2.12. The number of hydrogen-bond donors (Lipinski definition) is 3. The number of halogens is 1. The molecule has 2 rings (SSSR count). The van der Waals surface area contributed by atoms with Crippen LogP contribution < -0.4 is 5.32 Å². The van der Waals surface area contributed by atoms with Gasteiger partial charge < -0.3 is 15.5 Å². The van der Waals surface area contributed by atoms with Crippen molar-refractivity contribution in [3.63, 3.8) is 0 Å². The summed E-state index contributed by atoms with van der Waals surface area (Å²) < 4.78 is 12.8. The Kier molecular flexibility index (Phi) is 3.09. The molecule has 5 nitrogen and oxygen atoms in total. The number of pyridine rings is 1. The van der Waals surface area contributed by atoms with Crippen molar-refractivity contribution in [3.8, 4) is 11.5 Å². The van der Waals surface area contributed by atoms with Crippen molar-refractivity contribution < 1.29 is 19.4 Å². The maximum absolute atomic E-state index is 12.8. The summed E-state index contributed by atoms with van der Waals surface area (Å²) in [5, 5.41) is 20.9. The molecule has 0 spiro atoms. The van der Waals surface area contributed by atoms with Gasteiger partial charge in [0.05, 0.1) is 5.56 Å². The van der Waals surface area contributed by atoms with Crippen molar-refractivity contribution in [1.82, 2.24) is 4.98 Å². The lowest BCUT2D eigenvalue weighted by molar-refractivity contribution is 0.102. The van der Waals surface area contributed by atoms with Crippen molar-refractivity contribution in [2.75, 3.05) is 5.32 Å². The Balaban J connectivity index is 2.22. The number of aromatic nitrogens is 1. The summed E-state index contributed by atoms with van der Waals surface area (Å²) in [5.41, 5.74) is -0.0427. The summed E-state index contributed by atoms with van der Waals surface area (Å²) in [6.07, 6.45) is 0. The zero-order valence-electron chi connectivity index (χ0n) is 9.09. The molecule has 0 atom stereocenters. The molecule has 1 aromatic carbocycles. The van der Waals surface area contributed by atoms with Crippen LogP contribution in [0.3, 0.4) is 0 Å². The largest absolute Gasteiger partial charge is 0.508 e. The van der Waals surface area contributed by atoms with Crippen LogP contribution >= 0.6 is 0 Å². The van der Waals surface area contributed by atoms with Crippen molar-refractivity contribution in [2.24, 2.45) is 0 Å². The summed E-state index contributed by atoms with van der Waals surface area (Å²) in [4.78, 5) is 15.2. The predicted octanol–water partition coefficient (Wildman–Crippen LogP) is 1.88. The molecule has 6 heteroatoms. The van der Waals surface area contributed by atoms with Gasteiger partial charge >= 0.3 is 0 Å². The maximum Gasteiger partial charge on any atom is 0.260 e. The zero-order chi connectivity index (χ0) is 13.1. The van der Waals surface area contributed by atoms with E-state index in [9.17, 15) is 14.3 Å². The number of carbonyl (C=O) groups excluding carboxylic acids is 1. The lowest BCUT2D eigenvalue weighted by atomic mass is 10.2. The number of nitrogens with zero attached hydrogens (tertiary/aromatic N) is 1. The first-order valence-corrected chi connectivity index (χ1v) is 5.02. The molecule has 0 fully saturated rings. The molecule has 1 amide bonds. The molecule has 1 heterocycles. The zero-order valence-corrected chi connectivity index (χ0v) is 9.09. The van der Waals surface area contributed by atoms with E-state index >= 15 is 0 Å². The smallest absolute Gasteiger partial charge is 0.260 e. The minimum atomic E-state index is -0.720. The van der Waals surface area contributed by atoms with E-state index in [1.165, 1.54) is 24.3 Å². The van der Waals surface area contributed by atoms with E-state index < -0.39 is 11.9 Å². The lowest BCUT2D eigenvalue weighted by Crippen LogP contribution is -2.13. The van der Waals surface area contributed by atoms with Crippen LogP contribution in [0.1, 0.15) is 10.4 Å². The topological polar surface area (TPSA) is 82.5 Å². The number of phenols is 2. The van der Waals surface area contributed by atoms with Gasteiger partial charge in [0.2, 0.25) is 5.95 Å². The number of carbonyl (C=O) groups is 1. The number of rotatable bonds is 2. The van der Waals surface area contributed by atoms with Gasteiger partial charge in [-0.05, 0) is 24.3 Å². The molecule has 0 aliphatic heterocycles. The second kappa shape index (κ2) is 4.70. The molecule has 0 unspecified atom stereocenters. The van der Waals surface area contributed by atoms with Crippen LogP contribution in [-0.2, 0) is 0 Å². The van der Waals surface area contributed by atoms with Crippen LogP contribution in [0.4, 0.5) is 10.2 Å². The molecular weight excluding hydrogens is 239 g/mol. The second-order valence-corrected chi connectivity index (χ2v) is 3.50. The Morgan fingerprint density at radius 1 is 1.22 bits per heavy atom. The third-order valence-corrected chi connectivity index (χ3v) is 2.18. The number of amides is 1. The summed E-state index contributed by atoms with van der Waals surface area (Å²) in [6, 6.07) is 7.50. The maximum atomic E-state index is 12.8. The van der Waals surface area contributed by atoms with Crippen LogP contribution in [-0.4, -0.2) is 21.1 Å². The van der Waals surface area contributed by atoms with Crippen LogP contribution in [0.25, 0.3) is 0 Å². The van der Waals surface area contributed by atoms with Gasteiger partial charge in [-0.15, -0.1) is 0 Å². The minimum Gasteiger partial charge on any atom is -0.508 e. The van der Waals surface area contributed by atoms with Crippen molar-refractivity contribution >= 4 is 11.7 Å². The fraction of sp³-hybridized carbons (Fsp3) is 0. The fourth-order valence-corrected chi connectivity index (χ4v) is 1.37. The van der Waals surface area contributed by atoms with Crippen LogP contribution in [0, 0.1) is 5.95 Å². The molecule has 0 bridgehead atoms. The molecular formula is C12H9FN2O3. The van der Waals surface area contributed by atoms with E-state index in [0.717, 1.165) is 12.1 Å². The van der Waals surface area contributed by atoms with Crippen LogP contribution in [0.5, 0.6) is 11.5 Å². The third-order valence-electron chi connectivity index (χ3n) is 2.18. The van der Waals surface area contributed by atoms with E-state index in [-0.39, 0.29) is 22.9 Å². The van der Waals surface area contributed by atoms with Crippen molar-refractivity contribution in [3.05, 3.63) is 47.9 Å². The normalized spacial score (nSPS) is 10.1. The first kappa shape index (κ1) is 11.8. The molecule has 0 radical (unpaired) electrons. The van der Waals surface area contributed by atoms with Crippen LogP contribution in [0.2, 0.25) is 0 Å². The van der Waals surface area contributed by atoms with E-state index in [0.29, 0.717) is 0 Å². The van der Waals surface area contributed by atoms with Gasteiger partial charge in [-0.2, -0.15) is 4.39 Å². The SMILES string of the molecule is O=C(Nc1cccc(F)n1)c1ccc(O)cc1O. The molecule has 0 aliphatic carbocycles. The van der Waals surface area contributed by atoms with Crippen molar-refractivity contribution in [2.45, 2.75) is 0 Å². The van der Waals surface area contributed by atoms with Gasteiger partial charge in [0.15, 0.2) is 0 Å². The molecule has 0 saturated carbocycles. The number of anilines is 1. The van der Waals surface area contributed by atoms with Gasteiger partial charge in [-0.1, -0.05) is 6.07 Å². The first-order chi connectivity index (χ1) is 8.56. The number of benzene rings is 1. The predicted molar refractivity (Wildman–Crippen MR) is 61.9 cm³/mol. The van der Waals surface area contributed by atoms with E-state index in [4.69, 9.17) is 5.11 Å². The average Bonchev–Trinajstić information content (AvgIpc) is 2.28. The summed E-state index contributed by atoms with van der Waals surface area (Å²) in [6.45, 7) is 0. The van der Waals surface area contributed by atoms with E-state index in [1.54, 1.807) is 0 Å². The highest BCUT2D eigenvalue weighted by Crippen LogP contribution is 2.23. The Morgan fingerprint density at radius 3 is 2.67 bits per heavy atom. The minimum absolute atomic E-state index is 0.0347. The number of aromatic hydroxyl groups is 2. The van der Waals surface area contributed by atoms with E-state index in [2.05, 4.69) is 10.3 Å². The van der Waals surface area contributed by atoms with Gasteiger partial charge in [0.1, 0.15) is 17.3 Å². The Hall–Kier alpha value is -2.63. The van der Waals surface area contributed by atoms with Gasteiger partial charge in [-0.3, -0.25) is 4.79 Å². The fourth-order valence-electron chi connectivity index (χ4n) is 1.37. The quantitative estimate of drug-likeness (QED) is 0.709. The molecule has 1 aromatic heterocycles. The summed E-state index contributed by atoms with van der Waals surface area (Å²) >= 11 is 0. The molecule has 0 aliphatic rings. The van der Waals surface area contributed by atoms with Gasteiger partial charge in [0.25, 0.3) is 5.91 Å². The lowest BCUT2D eigenvalue weighted by Gasteiger charge is -2.06. The van der Waals surface area contributed by atoms with E-state index in [1.807, 2.05) is 0 Å². The number of nitrogens with one attached hydrogen (secondary N) is 1. The number of hydrogen-bond acceptors (Lipinski definition) is 4. The highest BCUT2D eigenvalue weighted by atomic mass is 19.1. The third kappa shape index (κ3) is 2.54. The Morgan fingerprint density at radius 2 is 2.00 bits per heavy atom. The summed E-state index contributed by atoms with van der Waals surface area (Å²) in [7, 11) is 0. The average molecular weight is 248 g/mol. The van der Waals surface area contributed by atoms with Crippen LogP contribution in [0.15, 0.2) is 36.4 Å². The molecule has 3 N–H and O–H groups in total. The molecule has 92 valence electrons. The Labute approximate surface area is 102 Å². The van der Waals surface area contributed by atoms with Gasteiger partial charge in [0, 0.05) is 6.07 Å². The highest BCUT2D eigenvalue weighted by molar-refractivity contribution is 6.05. The standard InChI is InChI=1S/C12H9FN2O3/c13-10-2-1-3-11(14-10)15-12(18)8-5-4-7(16)6-9(8)17/h1-6,16-17H,(H,14,15,18). The monoisotopic (exact) mass is 248 g/mol. The summed E-state index contributed by atoms with van der Waals surface area (Å²) in [5.74, 6) is -1.86. The molecule has 0 saturated heterocycles. The van der Waals surface area contributed by atoms with Crippen molar-refractivity contribution in [1.29, 1.82) is 0 Å². The first-order valence-electron chi connectivity index (χ1n) is 5.02. The molecule has 2 aromatic rings. The number of phenolic OH excluding ortho intramolecular Hbond substituents is 2. The molecule has 18 heavy (non-hydrogen) atoms. The Bertz CT molecular complexity index is 602.